The van der Waals surface area contributed by atoms with Crippen LogP contribution in [0.2, 0.25) is 0 Å². The normalized spacial score (nSPS) is 12.0. The zero-order chi connectivity index (χ0) is 15.7. The van der Waals surface area contributed by atoms with Crippen LogP contribution in [0.1, 0.15) is 38.4 Å². The molecule has 0 fully saturated rings. The van der Waals surface area contributed by atoms with Crippen molar-refractivity contribution in [2.24, 2.45) is 5.73 Å². The summed E-state index contributed by atoms with van der Waals surface area (Å²) in [6.45, 7) is 6.04. The van der Waals surface area contributed by atoms with Gasteiger partial charge >= 0.3 is 5.97 Å². The van der Waals surface area contributed by atoms with E-state index in [2.05, 4.69) is 11.8 Å². The van der Waals surface area contributed by atoms with Gasteiger partial charge in [-0.2, -0.15) is 0 Å². The Hall–Kier alpha value is -1.59. The molecule has 5 nitrogen and oxygen atoms in total. The highest BCUT2D eigenvalue weighted by Crippen LogP contribution is 2.19. The summed E-state index contributed by atoms with van der Waals surface area (Å²) in [5.74, 6) is -0.172. The van der Waals surface area contributed by atoms with Crippen LogP contribution >= 0.6 is 0 Å². The molecule has 0 saturated heterocycles. The molecule has 0 aliphatic heterocycles. The number of ether oxygens (including phenoxy) is 1. The van der Waals surface area contributed by atoms with E-state index in [1.54, 1.807) is 0 Å². The van der Waals surface area contributed by atoms with Crippen LogP contribution in [0, 0.1) is 0 Å². The average Bonchev–Trinajstić information content (AvgIpc) is 2.51. The van der Waals surface area contributed by atoms with Crippen LogP contribution in [0.5, 0.6) is 0 Å². The second kappa shape index (κ2) is 9.37. The van der Waals surface area contributed by atoms with E-state index in [1.165, 1.54) is 0 Å². The van der Waals surface area contributed by atoms with E-state index in [4.69, 9.17) is 10.5 Å². The molecule has 1 aromatic rings. The lowest BCUT2D eigenvalue weighted by atomic mass is 10.1. The van der Waals surface area contributed by atoms with Gasteiger partial charge in [0, 0.05) is 25.3 Å². The van der Waals surface area contributed by atoms with Crippen molar-refractivity contribution in [3.8, 4) is 0 Å². The lowest BCUT2D eigenvalue weighted by Gasteiger charge is -2.24. The molecule has 21 heavy (non-hydrogen) atoms. The Bertz CT molecular complexity index is 420. The Kier molecular flexibility index (Phi) is 7.79. The van der Waals surface area contributed by atoms with Gasteiger partial charge in [0.25, 0.3) is 0 Å². The predicted molar refractivity (Wildman–Crippen MR) is 84.2 cm³/mol. The van der Waals surface area contributed by atoms with Crippen LogP contribution in [0.15, 0.2) is 24.3 Å². The molecule has 0 aliphatic rings. The fourth-order valence-corrected chi connectivity index (χ4v) is 2.14. The molecule has 1 unspecified atom stereocenters. The van der Waals surface area contributed by atoms with Gasteiger partial charge < -0.3 is 20.5 Å². The van der Waals surface area contributed by atoms with Gasteiger partial charge in [-0.15, -0.1) is 0 Å². The molecule has 0 spiro atoms. The molecule has 1 atom stereocenters. The molecular formula is C16H26N2O3. The summed E-state index contributed by atoms with van der Waals surface area (Å²) >= 11 is 0. The number of hydrogen-bond acceptors (Lipinski definition) is 5. The Labute approximate surface area is 126 Å². The van der Waals surface area contributed by atoms with Crippen LogP contribution in [0.3, 0.4) is 0 Å². The van der Waals surface area contributed by atoms with Gasteiger partial charge in [0.05, 0.1) is 19.1 Å². The third-order valence-corrected chi connectivity index (χ3v) is 3.25. The quantitative estimate of drug-likeness (QED) is 0.680. The number of benzene rings is 1. The zero-order valence-electron chi connectivity index (χ0n) is 12.9. The Morgan fingerprint density at radius 2 is 1.95 bits per heavy atom. The maximum Gasteiger partial charge on any atom is 0.307 e. The lowest BCUT2D eigenvalue weighted by molar-refractivity contribution is -0.142. The Morgan fingerprint density at radius 3 is 2.48 bits per heavy atom. The second-order valence-electron chi connectivity index (χ2n) is 4.89. The van der Waals surface area contributed by atoms with Crippen LogP contribution in [-0.4, -0.2) is 37.3 Å². The monoisotopic (exact) mass is 294 g/mol. The largest absolute Gasteiger partial charge is 0.466 e. The first-order valence-electron chi connectivity index (χ1n) is 7.51. The molecule has 0 aromatic heterocycles. The first kappa shape index (κ1) is 17.5. The molecule has 3 N–H and O–H groups in total. The van der Waals surface area contributed by atoms with Gasteiger partial charge in [0.15, 0.2) is 0 Å². The number of carbonyl (C=O) groups is 1. The van der Waals surface area contributed by atoms with Crippen LogP contribution in [0.25, 0.3) is 0 Å². The molecule has 5 heteroatoms. The van der Waals surface area contributed by atoms with E-state index in [0.717, 1.165) is 24.2 Å². The molecule has 1 rings (SSSR count). The first-order valence-corrected chi connectivity index (χ1v) is 7.51. The van der Waals surface area contributed by atoms with Crippen LogP contribution < -0.4 is 10.6 Å². The van der Waals surface area contributed by atoms with E-state index in [0.29, 0.717) is 19.6 Å². The summed E-state index contributed by atoms with van der Waals surface area (Å²) in [5.41, 5.74) is 7.29. The minimum atomic E-state index is -0.627. The number of aliphatic hydroxyl groups is 1. The van der Waals surface area contributed by atoms with Gasteiger partial charge in [-0.05, 0) is 31.0 Å². The Balaban J connectivity index is 2.69. The Morgan fingerprint density at radius 1 is 1.29 bits per heavy atom. The number of nitrogens with zero attached hydrogens (tertiary/aromatic N) is 1. The lowest BCUT2D eigenvalue weighted by Crippen LogP contribution is -2.27. The molecule has 0 aliphatic carbocycles. The summed E-state index contributed by atoms with van der Waals surface area (Å²) in [6.07, 6.45) is 0.745. The second-order valence-corrected chi connectivity index (χ2v) is 4.89. The number of esters is 1. The molecule has 0 amide bonds. The topological polar surface area (TPSA) is 75.8 Å². The SMILES string of the molecule is CCCN(CCC(=O)OCC)c1ccc(C(O)CN)cc1. The van der Waals surface area contributed by atoms with Gasteiger partial charge in [-0.1, -0.05) is 19.1 Å². The van der Waals surface area contributed by atoms with Crippen molar-refractivity contribution >= 4 is 11.7 Å². The van der Waals surface area contributed by atoms with E-state index >= 15 is 0 Å². The maximum atomic E-state index is 11.5. The fraction of sp³-hybridized carbons (Fsp3) is 0.562. The highest BCUT2D eigenvalue weighted by atomic mass is 16.5. The summed E-state index contributed by atoms with van der Waals surface area (Å²) in [4.78, 5) is 13.6. The summed E-state index contributed by atoms with van der Waals surface area (Å²) in [6, 6.07) is 7.66. The van der Waals surface area contributed by atoms with Crippen molar-refractivity contribution in [1.82, 2.24) is 0 Å². The standard InChI is InChI=1S/C16H26N2O3/c1-3-10-18(11-9-16(20)21-4-2)14-7-5-13(6-8-14)15(19)12-17/h5-8,15,19H,3-4,9-12,17H2,1-2H3. The molecule has 1 aromatic carbocycles. The number of rotatable bonds is 9. The van der Waals surface area contributed by atoms with Crippen LogP contribution in [-0.2, 0) is 9.53 Å². The molecule has 0 bridgehead atoms. The average molecular weight is 294 g/mol. The van der Waals surface area contributed by atoms with Gasteiger partial charge in [0.1, 0.15) is 0 Å². The van der Waals surface area contributed by atoms with Crippen molar-refractivity contribution in [2.75, 3.05) is 31.1 Å². The molecule has 0 heterocycles. The molecule has 0 radical (unpaired) electrons. The summed E-state index contributed by atoms with van der Waals surface area (Å²) < 4.78 is 4.96. The third-order valence-electron chi connectivity index (χ3n) is 3.25. The van der Waals surface area contributed by atoms with E-state index in [1.807, 2.05) is 31.2 Å². The molecular weight excluding hydrogens is 268 g/mol. The summed E-state index contributed by atoms with van der Waals surface area (Å²) in [7, 11) is 0. The number of anilines is 1. The smallest absolute Gasteiger partial charge is 0.307 e. The first-order chi connectivity index (χ1) is 10.1. The third kappa shape index (κ3) is 5.73. The van der Waals surface area contributed by atoms with Gasteiger partial charge in [-0.3, -0.25) is 4.79 Å². The van der Waals surface area contributed by atoms with E-state index < -0.39 is 6.10 Å². The number of aliphatic hydroxyl groups excluding tert-OH is 1. The van der Waals surface area contributed by atoms with Gasteiger partial charge in [0.2, 0.25) is 0 Å². The van der Waals surface area contributed by atoms with Crippen molar-refractivity contribution < 1.29 is 14.6 Å². The minimum Gasteiger partial charge on any atom is -0.466 e. The minimum absolute atomic E-state index is 0.172. The highest BCUT2D eigenvalue weighted by Gasteiger charge is 2.10. The van der Waals surface area contributed by atoms with Crippen molar-refractivity contribution in [3.05, 3.63) is 29.8 Å². The summed E-state index contributed by atoms with van der Waals surface area (Å²) in [5, 5.41) is 9.70. The van der Waals surface area contributed by atoms with E-state index in [9.17, 15) is 9.90 Å². The van der Waals surface area contributed by atoms with Gasteiger partial charge in [-0.25, -0.2) is 0 Å². The fourth-order valence-electron chi connectivity index (χ4n) is 2.14. The van der Waals surface area contributed by atoms with Crippen molar-refractivity contribution in [2.45, 2.75) is 32.8 Å². The zero-order valence-corrected chi connectivity index (χ0v) is 12.9. The maximum absolute atomic E-state index is 11.5. The number of carbonyl (C=O) groups excluding carboxylic acids is 1. The van der Waals surface area contributed by atoms with E-state index in [-0.39, 0.29) is 12.5 Å². The molecule has 118 valence electrons. The number of hydrogen-bond donors (Lipinski definition) is 2. The van der Waals surface area contributed by atoms with Crippen LogP contribution in [0.4, 0.5) is 5.69 Å². The predicted octanol–water partition coefficient (Wildman–Crippen LogP) is 1.85. The number of nitrogens with two attached hydrogens (primary N) is 1. The van der Waals surface area contributed by atoms with Crippen molar-refractivity contribution in [3.63, 3.8) is 0 Å². The highest BCUT2D eigenvalue weighted by molar-refractivity contribution is 5.70. The molecule has 0 saturated carbocycles. The van der Waals surface area contributed by atoms with Crippen molar-refractivity contribution in [1.29, 1.82) is 0 Å².